The predicted molar refractivity (Wildman–Crippen MR) is 134 cm³/mol. The van der Waals surface area contributed by atoms with Gasteiger partial charge in [0.2, 0.25) is 0 Å². The highest BCUT2D eigenvalue weighted by molar-refractivity contribution is 5.66. The zero-order chi connectivity index (χ0) is 21.8. The van der Waals surface area contributed by atoms with Gasteiger partial charge in [0.15, 0.2) is 0 Å². The Kier molecular flexibility index (Phi) is 6.89. The van der Waals surface area contributed by atoms with E-state index in [2.05, 4.69) is 80.8 Å². The van der Waals surface area contributed by atoms with Crippen LogP contribution in [0.3, 0.4) is 0 Å². The van der Waals surface area contributed by atoms with E-state index < -0.39 is 0 Å². The molecule has 2 aromatic rings. The van der Waals surface area contributed by atoms with Crippen molar-refractivity contribution in [3.8, 4) is 0 Å². The van der Waals surface area contributed by atoms with Crippen LogP contribution in [0, 0.1) is 18.3 Å². The van der Waals surface area contributed by atoms with Crippen molar-refractivity contribution in [1.29, 1.82) is 0 Å². The summed E-state index contributed by atoms with van der Waals surface area (Å²) in [4.78, 5) is 2.58. The fourth-order valence-electron chi connectivity index (χ4n) is 6.60. The predicted octanol–water partition coefficient (Wildman–Crippen LogP) is 7.99. The fourth-order valence-corrected chi connectivity index (χ4v) is 6.60. The van der Waals surface area contributed by atoms with Crippen LogP contribution in [-0.4, -0.2) is 18.0 Å². The normalized spacial score (nSPS) is 23.1. The molecule has 2 fully saturated rings. The summed E-state index contributed by atoms with van der Waals surface area (Å²) in [6.45, 7) is 13.8. The molecule has 1 heterocycles. The first-order chi connectivity index (χ1) is 15.0. The van der Waals surface area contributed by atoms with Crippen LogP contribution in [0.15, 0.2) is 55.1 Å². The monoisotopic (exact) mass is 415 g/mol. The van der Waals surface area contributed by atoms with Gasteiger partial charge in [0.25, 0.3) is 0 Å². The third-order valence-corrected chi connectivity index (χ3v) is 8.33. The van der Waals surface area contributed by atoms with Crippen LogP contribution in [-0.2, 0) is 6.42 Å². The van der Waals surface area contributed by atoms with Gasteiger partial charge in [0.1, 0.15) is 0 Å². The van der Waals surface area contributed by atoms with Gasteiger partial charge in [0.05, 0.1) is 0 Å². The Morgan fingerprint density at radius 2 is 1.74 bits per heavy atom. The summed E-state index contributed by atoms with van der Waals surface area (Å²) in [5.41, 5.74) is 7.55. The number of rotatable bonds is 6. The molecule has 1 aliphatic heterocycles. The number of hydrogen-bond donors (Lipinski definition) is 0. The van der Waals surface area contributed by atoms with E-state index in [1.807, 2.05) is 0 Å². The van der Waals surface area contributed by atoms with Gasteiger partial charge in [-0.3, -0.25) is 0 Å². The van der Waals surface area contributed by atoms with Crippen LogP contribution in [0.2, 0.25) is 0 Å². The maximum absolute atomic E-state index is 4.55. The van der Waals surface area contributed by atoms with E-state index in [4.69, 9.17) is 0 Å². The second-order valence-electron chi connectivity index (χ2n) is 10.3. The van der Waals surface area contributed by atoms with Gasteiger partial charge in [-0.05, 0) is 79.4 Å². The minimum atomic E-state index is 0.523. The van der Waals surface area contributed by atoms with Gasteiger partial charge in [-0.25, -0.2) is 0 Å². The van der Waals surface area contributed by atoms with Crippen LogP contribution < -0.4 is 0 Å². The fraction of sp³-hybridized carbons (Fsp3) is 0.533. The molecule has 1 nitrogen and oxygen atoms in total. The molecule has 0 aromatic heterocycles. The van der Waals surface area contributed by atoms with Crippen LogP contribution >= 0.6 is 0 Å². The van der Waals surface area contributed by atoms with E-state index in [1.54, 1.807) is 5.56 Å². The van der Waals surface area contributed by atoms with Gasteiger partial charge in [-0.1, -0.05) is 81.8 Å². The molecule has 1 heteroatoms. The Balaban J connectivity index is 1.48. The second-order valence-corrected chi connectivity index (χ2v) is 10.3. The van der Waals surface area contributed by atoms with Gasteiger partial charge in [-0.2, -0.15) is 0 Å². The third kappa shape index (κ3) is 4.76. The van der Waals surface area contributed by atoms with E-state index in [0.717, 1.165) is 31.3 Å². The van der Waals surface area contributed by atoms with E-state index >= 15 is 0 Å². The lowest BCUT2D eigenvalue weighted by Crippen LogP contribution is -2.43. The SMILES string of the molecule is C=C(c1cccc(CC)c1C)N1CCC2(CC1)CC(CCC)CC(c1ccccc1)C2. The molecule has 1 saturated carbocycles. The Hall–Kier alpha value is -2.02. The Labute approximate surface area is 190 Å². The van der Waals surface area contributed by atoms with Crippen LogP contribution in [0.4, 0.5) is 0 Å². The third-order valence-electron chi connectivity index (χ3n) is 8.33. The first-order valence-corrected chi connectivity index (χ1v) is 12.6. The average Bonchev–Trinajstić information content (AvgIpc) is 2.80. The van der Waals surface area contributed by atoms with Crippen molar-refractivity contribution in [2.24, 2.45) is 11.3 Å². The largest absolute Gasteiger partial charge is 0.371 e. The topological polar surface area (TPSA) is 3.24 Å². The number of benzene rings is 2. The van der Waals surface area contributed by atoms with E-state index in [-0.39, 0.29) is 0 Å². The first-order valence-electron chi connectivity index (χ1n) is 12.6. The Morgan fingerprint density at radius 3 is 2.42 bits per heavy atom. The van der Waals surface area contributed by atoms with Crippen LogP contribution in [0.1, 0.15) is 87.0 Å². The molecule has 4 rings (SSSR count). The molecular weight excluding hydrogens is 374 g/mol. The summed E-state index contributed by atoms with van der Waals surface area (Å²) in [5.74, 6) is 1.63. The van der Waals surface area contributed by atoms with Crippen molar-refractivity contribution in [2.45, 2.75) is 78.1 Å². The molecule has 1 aliphatic carbocycles. The molecule has 0 bridgehead atoms. The molecule has 0 amide bonds. The molecule has 166 valence electrons. The van der Waals surface area contributed by atoms with Crippen LogP contribution in [0.25, 0.3) is 5.70 Å². The van der Waals surface area contributed by atoms with Crippen molar-refractivity contribution in [1.82, 2.24) is 4.90 Å². The smallest absolute Gasteiger partial charge is 0.0369 e. The standard InChI is InChI=1S/C30H41N/c1-5-11-25-20-28(27-12-8-7-9-13-27)22-30(21-25)16-18-31(19-17-30)24(4)29-15-10-14-26(6-2)23(29)3/h7-10,12-15,25,28H,4-6,11,16-22H2,1-3H3. The average molecular weight is 416 g/mol. The zero-order valence-electron chi connectivity index (χ0n) is 20.0. The van der Waals surface area contributed by atoms with E-state index in [0.29, 0.717) is 5.41 Å². The number of hydrogen-bond acceptors (Lipinski definition) is 1. The molecule has 2 aromatic carbocycles. The van der Waals surface area contributed by atoms with E-state index in [1.165, 1.54) is 67.3 Å². The molecule has 1 spiro atoms. The highest BCUT2D eigenvalue weighted by Crippen LogP contribution is 2.53. The summed E-state index contributed by atoms with van der Waals surface area (Å²) in [6, 6.07) is 18.1. The van der Waals surface area contributed by atoms with Crippen molar-refractivity contribution in [3.63, 3.8) is 0 Å². The molecule has 0 radical (unpaired) electrons. The summed E-state index contributed by atoms with van der Waals surface area (Å²) < 4.78 is 0. The lowest BCUT2D eigenvalue weighted by atomic mass is 9.59. The zero-order valence-corrected chi connectivity index (χ0v) is 20.0. The molecule has 0 N–H and O–H groups in total. The molecule has 2 aliphatic rings. The number of nitrogens with zero attached hydrogens (tertiary/aromatic N) is 1. The van der Waals surface area contributed by atoms with Crippen molar-refractivity contribution in [3.05, 3.63) is 77.4 Å². The van der Waals surface area contributed by atoms with Gasteiger partial charge in [-0.15, -0.1) is 0 Å². The minimum absolute atomic E-state index is 0.523. The van der Waals surface area contributed by atoms with Gasteiger partial charge < -0.3 is 4.90 Å². The lowest BCUT2D eigenvalue weighted by molar-refractivity contribution is 0.0510. The summed E-state index contributed by atoms with van der Waals surface area (Å²) >= 11 is 0. The van der Waals surface area contributed by atoms with Crippen molar-refractivity contribution >= 4 is 5.70 Å². The van der Waals surface area contributed by atoms with Gasteiger partial charge >= 0.3 is 0 Å². The second kappa shape index (κ2) is 9.63. The molecule has 1 saturated heterocycles. The molecule has 2 atom stereocenters. The van der Waals surface area contributed by atoms with Crippen molar-refractivity contribution < 1.29 is 0 Å². The highest BCUT2D eigenvalue weighted by atomic mass is 15.1. The molecule has 31 heavy (non-hydrogen) atoms. The highest BCUT2D eigenvalue weighted by Gasteiger charge is 2.42. The van der Waals surface area contributed by atoms with Gasteiger partial charge in [0, 0.05) is 24.4 Å². The summed E-state index contributed by atoms with van der Waals surface area (Å²) in [7, 11) is 0. The maximum Gasteiger partial charge on any atom is 0.0369 e. The lowest BCUT2D eigenvalue weighted by Gasteiger charge is -2.50. The summed E-state index contributed by atoms with van der Waals surface area (Å²) in [6.07, 6.45) is 10.7. The number of piperidine rings is 1. The maximum atomic E-state index is 4.55. The summed E-state index contributed by atoms with van der Waals surface area (Å²) in [5, 5.41) is 0. The minimum Gasteiger partial charge on any atom is -0.371 e. The van der Waals surface area contributed by atoms with Crippen LogP contribution in [0.5, 0.6) is 0 Å². The number of aryl methyl sites for hydroxylation is 1. The quantitative estimate of drug-likeness (QED) is 0.462. The van der Waals surface area contributed by atoms with Crippen molar-refractivity contribution in [2.75, 3.05) is 13.1 Å². The van der Waals surface area contributed by atoms with E-state index in [9.17, 15) is 0 Å². The number of likely N-dealkylation sites (tertiary alicyclic amines) is 1. The Morgan fingerprint density at radius 1 is 1.00 bits per heavy atom. The Bertz CT molecular complexity index is 873. The molecule has 2 unspecified atom stereocenters. The molecular formula is C30H41N. The first kappa shape index (κ1) is 22.2.